The molecule has 1 saturated carbocycles. The Labute approximate surface area is 116 Å². The Hall–Kier alpha value is -1.62. The molecule has 1 aromatic rings. The molecule has 0 aliphatic heterocycles. The van der Waals surface area contributed by atoms with E-state index in [2.05, 4.69) is 5.32 Å². The van der Waals surface area contributed by atoms with Gasteiger partial charge in [-0.1, -0.05) is 6.42 Å². The lowest BCUT2D eigenvalue weighted by Gasteiger charge is -2.25. The van der Waals surface area contributed by atoms with Crippen LogP contribution in [0.15, 0.2) is 12.1 Å². The molecule has 19 heavy (non-hydrogen) atoms. The van der Waals surface area contributed by atoms with E-state index in [-0.39, 0.29) is 5.91 Å². The van der Waals surface area contributed by atoms with E-state index < -0.39 is 5.97 Å². The van der Waals surface area contributed by atoms with Crippen LogP contribution in [-0.2, 0) is 4.79 Å². The van der Waals surface area contributed by atoms with Gasteiger partial charge in [0.2, 0.25) is 0 Å². The van der Waals surface area contributed by atoms with Crippen LogP contribution in [0.5, 0.6) is 0 Å². The summed E-state index contributed by atoms with van der Waals surface area (Å²) in [6.45, 7) is 2.62. The summed E-state index contributed by atoms with van der Waals surface area (Å²) in [5, 5.41) is 11.5. The second-order valence-corrected chi connectivity index (χ2v) is 5.92. The van der Waals surface area contributed by atoms with Crippen molar-refractivity contribution in [2.45, 2.75) is 26.2 Å². The molecule has 0 unspecified atom stereocenters. The predicted molar refractivity (Wildman–Crippen MR) is 75.4 cm³/mol. The van der Waals surface area contributed by atoms with Gasteiger partial charge in [0.15, 0.2) is 0 Å². The molecule has 1 aliphatic carbocycles. The molecular formula is C14H17NO3S. The van der Waals surface area contributed by atoms with Crippen LogP contribution in [0.4, 0.5) is 0 Å². The number of aliphatic carboxylic acids is 1. The number of hydrogen-bond donors (Lipinski definition) is 2. The Morgan fingerprint density at radius 2 is 2.26 bits per heavy atom. The van der Waals surface area contributed by atoms with Gasteiger partial charge in [0.05, 0.1) is 4.88 Å². The quantitative estimate of drug-likeness (QED) is 0.814. The molecule has 0 atom stereocenters. The monoisotopic (exact) mass is 279 g/mol. The summed E-state index contributed by atoms with van der Waals surface area (Å²) in [5.41, 5.74) is 0.927. The van der Waals surface area contributed by atoms with Crippen LogP contribution in [0.25, 0.3) is 6.08 Å². The normalized spacial score (nSPS) is 15.4. The van der Waals surface area contributed by atoms with Crippen molar-refractivity contribution in [3.63, 3.8) is 0 Å². The summed E-state index contributed by atoms with van der Waals surface area (Å²) in [7, 11) is 0. The molecule has 2 rings (SSSR count). The van der Waals surface area contributed by atoms with Crippen LogP contribution < -0.4 is 5.32 Å². The SMILES string of the molecule is Cc1cc(C(=O)NCC2CCC2)sc1C=CC(=O)O. The third kappa shape index (κ3) is 3.67. The van der Waals surface area contributed by atoms with Crippen molar-refractivity contribution in [2.75, 3.05) is 6.54 Å². The number of hydrogen-bond acceptors (Lipinski definition) is 3. The van der Waals surface area contributed by atoms with Crippen LogP contribution in [0.1, 0.15) is 39.4 Å². The minimum Gasteiger partial charge on any atom is -0.478 e. The van der Waals surface area contributed by atoms with Gasteiger partial charge in [0, 0.05) is 17.5 Å². The molecule has 0 aromatic carbocycles. The highest BCUT2D eigenvalue weighted by Crippen LogP contribution is 2.26. The number of carboxylic acids is 1. The maximum absolute atomic E-state index is 12.0. The number of aryl methyl sites for hydroxylation is 1. The van der Waals surface area contributed by atoms with Crippen molar-refractivity contribution in [3.8, 4) is 0 Å². The number of carbonyl (C=O) groups excluding carboxylic acids is 1. The Bertz CT molecular complexity index is 515. The minimum absolute atomic E-state index is 0.0602. The van der Waals surface area contributed by atoms with E-state index in [0.29, 0.717) is 10.8 Å². The van der Waals surface area contributed by atoms with Gasteiger partial charge in [0.25, 0.3) is 5.91 Å². The number of thiophene rings is 1. The molecule has 0 bridgehead atoms. The molecule has 0 radical (unpaired) electrons. The Morgan fingerprint density at radius 1 is 1.53 bits per heavy atom. The lowest BCUT2D eigenvalue weighted by Crippen LogP contribution is -2.31. The molecule has 0 saturated heterocycles. The molecule has 2 N–H and O–H groups in total. The third-order valence-electron chi connectivity index (χ3n) is 3.33. The van der Waals surface area contributed by atoms with Crippen molar-refractivity contribution < 1.29 is 14.7 Å². The lowest BCUT2D eigenvalue weighted by molar-refractivity contribution is -0.131. The Morgan fingerprint density at radius 3 is 2.84 bits per heavy atom. The molecule has 5 heteroatoms. The van der Waals surface area contributed by atoms with Crippen LogP contribution >= 0.6 is 11.3 Å². The number of rotatable bonds is 5. The largest absolute Gasteiger partial charge is 0.478 e. The molecule has 0 spiro atoms. The highest BCUT2D eigenvalue weighted by atomic mass is 32.1. The van der Waals surface area contributed by atoms with Gasteiger partial charge in [-0.25, -0.2) is 4.79 Å². The summed E-state index contributed by atoms with van der Waals surface area (Å²) in [4.78, 5) is 23.9. The zero-order chi connectivity index (χ0) is 13.8. The van der Waals surface area contributed by atoms with Crippen molar-refractivity contribution >= 4 is 29.3 Å². The third-order valence-corrected chi connectivity index (χ3v) is 4.53. The fourth-order valence-electron chi connectivity index (χ4n) is 1.94. The smallest absolute Gasteiger partial charge is 0.328 e. The van der Waals surface area contributed by atoms with E-state index in [9.17, 15) is 9.59 Å². The first-order valence-electron chi connectivity index (χ1n) is 6.36. The first kappa shape index (κ1) is 13.8. The van der Waals surface area contributed by atoms with Crippen molar-refractivity contribution in [1.82, 2.24) is 5.32 Å². The van der Waals surface area contributed by atoms with Gasteiger partial charge in [0.1, 0.15) is 0 Å². The maximum atomic E-state index is 12.0. The second-order valence-electron chi connectivity index (χ2n) is 4.84. The highest BCUT2D eigenvalue weighted by Gasteiger charge is 2.19. The Kier molecular flexibility index (Phi) is 4.37. The zero-order valence-electron chi connectivity index (χ0n) is 10.8. The van der Waals surface area contributed by atoms with E-state index in [1.165, 1.54) is 36.7 Å². The van der Waals surface area contributed by atoms with Crippen molar-refractivity contribution in [1.29, 1.82) is 0 Å². The van der Waals surface area contributed by atoms with Crippen LogP contribution in [0, 0.1) is 12.8 Å². The molecule has 4 nitrogen and oxygen atoms in total. The fourth-order valence-corrected chi connectivity index (χ4v) is 2.94. The van der Waals surface area contributed by atoms with E-state index in [0.717, 1.165) is 23.1 Å². The second kappa shape index (κ2) is 6.02. The van der Waals surface area contributed by atoms with Crippen LogP contribution in [0.3, 0.4) is 0 Å². The van der Waals surface area contributed by atoms with Gasteiger partial charge < -0.3 is 10.4 Å². The topological polar surface area (TPSA) is 66.4 Å². The average Bonchev–Trinajstić information content (AvgIpc) is 2.66. The summed E-state index contributed by atoms with van der Waals surface area (Å²) < 4.78 is 0. The van der Waals surface area contributed by atoms with Crippen molar-refractivity contribution in [3.05, 3.63) is 27.5 Å². The summed E-state index contributed by atoms with van der Waals surface area (Å²) in [5.74, 6) is -0.407. The van der Waals surface area contributed by atoms with E-state index in [4.69, 9.17) is 5.11 Å². The predicted octanol–water partition coefficient (Wildman–Crippen LogP) is 2.68. The molecule has 1 fully saturated rings. The van der Waals surface area contributed by atoms with E-state index >= 15 is 0 Å². The van der Waals surface area contributed by atoms with Crippen molar-refractivity contribution in [2.24, 2.45) is 5.92 Å². The summed E-state index contributed by atoms with van der Waals surface area (Å²) in [6.07, 6.45) is 6.30. The summed E-state index contributed by atoms with van der Waals surface area (Å²) in [6, 6.07) is 1.81. The molecule has 102 valence electrons. The number of carboxylic acid groups (broad SMARTS) is 1. The van der Waals surface area contributed by atoms with Crippen LogP contribution in [-0.4, -0.2) is 23.5 Å². The zero-order valence-corrected chi connectivity index (χ0v) is 11.6. The van der Waals surface area contributed by atoms with E-state index in [1.807, 2.05) is 13.0 Å². The van der Waals surface area contributed by atoms with Gasteiger partial charge in [-0.15, -0.1) is 11.3 Å². The maximum Gasteiger partial charge on any atom is 0.328 e. The molecule has 1 heterocycles. The average molecular weight is 279 g/mol. The number of nitrogens with one attached hydrogen (secondary N) is 1. The number of carbonyl (C=O) groups is 2. The molecular weight excluding hydrogens is 262 g/mol. The molecule has 1 amide bonds. The first-order chi connectivity index (χ1) is 9.06. The standard InChI is InChI=1S/C14H17NO3S/c1-9-7-12(19-11(9)5-6-13(16)17)14(18)15-8-10-3-2-4-10/h5-7,10H,2-4,8H2,1H3,(H,15,18)(H,16,17). The minimum atomic E-state index is -0.983. The molecule has 1 aromatic heterocycles. The number of amides is 1. The lowest BCUT2D eigenvalue weighted by atomic mass is 9.85. The van der Waals surface area contributed by atoms with Gasteiger partial charge in [-0.2, -0.15) is 0 Å². The van der Waals surface area contributed by atoms with Gasteiger partial charge >= 0.3 is 5.97 Å². The van der Waals surface area contributed by atoms with Gasteiger partial charge in [-0.05, 0) is 43.4 Å². The van der Waals surface area contributed by atoms with Gasteiger partial charge in [-0.3, -0.25) is 4.79 Å². The Balaban J connectivity index is 1.97. The fraction of sp³-hybridized carbons (Fsp3) is 0.429. The molecule has 1 aliphatic rings. The first-order valence-corrected chi connectivity index (χ1v) is 7.17. The summed E-state index contributed by atoms with van der Waals surface area (Å²) >= 11 is 1.32. The highest BCUT2D eigenvalue weighted by molar-refractivity contribution is 7.15. The van der Waals surface area contributed by atoms with Crippen LogP contribution in [0.2, 0.25) is 0 Å². The van der Waals surface area contributed by atoms with E-state index in [1.54, 1.807) is 0 Å².